The number of hydrogen-bond acceptors (Lipinski definition) is 2. The van der Waals surface area contributed by atoms with Crippen LogP contribution >= 0.6 is 11.6 Å². The van der Waals surface area contributed by atoms with Crippen LogP contribution in [-0.4, -0.2) is 9.92 Å². The Morgan fingerprint density at radius 3 is 2.07 bits per heavy atom. The Labute approximate surface area is 91.0 Å². The average Bonchev–Trinajstić information content (AvgIpc) is 2.15. The maximum absolute atomic E-state index is 10.8. The van der Waals surface area contributed by atoms with Gasteiger partial charge in [-0.15, -0.1) is 0 Å². The Bertz CT molecular complexity index is 176. The maximum Gasteiger partial charge on any atom is 0.294 e. The fourth-order valence-electron chi connectivity index (χ4n) is 1.40. The molecule has 4 heteroatoms. The third-order valence-corrected chi connectivity index (χ3v) is 2.92. The van der Waals surface area contributed by atoms with Gasteiger partial charge in [0.2, 0.25) is 0 Å². The zero-order chi connectivity index (χ0) is 11.0. The zero-order valence-electron chi connectivity index (χ0n) is 9.09. The van der Waals surface area contributed by atoms with E-state index in [9.17, 15) is 10.1 Å². The molecule has 0 saturated heterocycles. The van der Waals surface area contributed by atoms with Crippen LogP contribution in [0, 0.1) is 10.1 Å². The third kappa shape index (κ3) is 4.80. The molecule has 0 rings (SSSR count). The van der Waals surface area contributed by atoms with E-state index in [1.165, 1.54) is 0 Å². The number of unbranched alkanes of at least 4 members (excludes halogenated alkanes) is 3. The Hall–Kier alpha value is -0.310. The summed E-state index contributed by atoms with van der Waals surface area (Å²) in [6, 6.07) is 0. The van der Waals surface area contributed by atoms with Crippen molar-refractivity contribution in [2.45, 2.75) is 63.8 Å². The normalized spacial score (nSPS) is 15.1. The lowest BCUT2D eigenvalue weighted by molar-refractivity contribution is -0.544. The summed E-state index contributed by atoms with van der Waals surface area (Å²) in [5, 5.41) is 10.8. The molecule has 3 nitrogen and oxygen atoms in total. The largest absolute Gasteiger partial charge is 0.294 e. The molecule has 0 amide bonds. The fourth-order valence-corrected chi connectivity index (χ4v) is 1.67. The maximum atomic E-state index is 10.8. The summed E-state index contributed by atoms with van der Waals surface area (Å²) in [5.41, 5.74) is 0. The number of halogens is 1. The van der Waals surface area contributed by atoms with Gasteiger partial charge in [0.1, 0.15) is 0 Å². The van der Waals surface area contributed by atoms with Gasteiger partial charge in [0, 0.05) is 17.8 Å². The van der Waals surface area contributed by atoms with E-state index in [-0.39, 0.29) is 4.92 Å². The van der Waals surface area contributed by atoms with E-state index in [4.69, 9.17) is 11.6 Å². The molecule has 14 heavy (non-hydrogen) atoms. The van der Waals surface area contributed by atoms with Gasteiger partial charge in [-0.05, 0) is 24.4 Å². The molecule has 0 aliphatic heterocycles. The molecule has 0 spiro atoms. The van der Waals surface area contributed by atoms with Gasteiger partial charge >= 0.3 is 0 Å². The summed E-state index contributed by atoms with van der Waals surface area (Å²) in [7, 11) is 0. The topological polar surface area (TPSA) is 43.1 Å². The number of alkyl halides is 1. The van der Waals surface area contributed by atoms with Crippen LogP contribution in [-0.2, 0) is 0 Å². The van der Waals surface area contributed by atoms with Crippen LogP contribution in [0.25, 0.3) is 0 Å². The van der Waals surface area contributed by atoms with E-state index >= 15 is 0 Å². The molecule has 84 valence electrons. The Kier molecular flexibility index (Phi) is 6.89. The third-order valence-electron chi connectivity index (χ3n) is 2.40. The van der Waals surface area contributed by atoms with Crippen LogP contribution < -0.4 is 0 Å². The first kappa shape index (κ1) is 13.7. The van der Waals surface area contributed by atoms with Crippen LogP contribution in [0.3, 0.4) is 0 Å². The quantitative estimate of drug-likeness (QED) is 0.205. The lowest BCUT2D eigenvalue weighted by Crippen LogP contribution is -2.31. The standard InChI is InChI=1S/C10H20ClNO2/c1-3-5-7-9-10(11,12(13)14)8-6-4-2/h3-9H2,1-2H3. The van der Waals surface area contributed by atoms with Crippen LogP contribution in [0.4, 0.5) is 0 Å². The molecule has 0 aliphatic rings. The average molecular weight is 222 g/mol. The van der Waals surface area contributed by atoms with E-state index in [1.54, 1.807) is 0 Å². The highest BCUT2D eigenvalue weighted by atomic mass is 35.5. The molecular formula is C10H20ClNO2. The molecule has 0 aliphatic carbocycles. The van der Waals surface area contributed by atoms with Gasteiger partial charge in [-0.3, -0.25) is 10.1 Å². The summed E-state index contributed by atoms with van der Waals surface area (Å²) in [5.74, 6) is 0. The summed E-state index contributed by atoms with van der Waals surface area (Å²) in [4.78, 5) is 9.27. The van der Waals surface area contributed by atoms with Crippen molar-refractivity contribution in [3.05, 3.63) is 10.1 Å². The molecule has 0 radical (unpaired) electrons. The number of rotatable bonds is 8. The van der Waals surface area contributed by atoms with Gasteiger partial charge < -0.3 is 0 Å². The molecule has 0 aromatic heterocycles. The summed E-state index contributed by atoms with van der Waals surface area (Å²) >= 11 is 5.99. The summed E-state index contributed by atoms with van der Waals surface area (Å²) in [6.07, 6.45) is 5.71. The summed E-state index contributed by atoms with van der Waals surface area (Å²) < 4.78 is 0. The number of nitrogens with zero attached hydrogens (tertiary/aromatic N) is 1. The van der Waals surface area contributed by atoms with Gasteiger partial charge in [0.05, 0.1) is 0 Å². The monoisotopic (exact) mass is 221 g/mol. The van der Waals surface area contributed by atoms with Crippen molar-refractivity contribution in [2.24, 2.45) is 0 Å². The lowest BCUT2D eigenvalue weighted by Gasteiger charge is -2.17. The highest BCUT2D eigenvalue weighted by Gasteiger charge is 2.38. The van der Waals surface area contributed by atoms with Crippen LogP contribution in [0.15, 0.2) is 0 Å². The Balaban J connectivity index is 4.03. The van der Waals surface area contributed by atoms with Gasteiger partial charge in [-0.2, -0.15) is 0 Å². The highest BCUT2D eigenvalue weighted by molar-refractivity contribution is 6.22. The second-order valence-corrected chi connectivity index (χ2v) is 4.44. The van der Waals surface area contributed by atoms with E-state index in [1.807, 2.05) is 6.92 Å². The van der Waals surface area contributed by atoms with Gasteiger partial charge in [0.15, 0.2) is 0 Å². The molecular weight excluding hydrogens is 202 g/mol. The van der Waals surface area contributed by atoms with Gasteiger partial charge in [-0.25, -0.2) is 0 Å². The van der Waals surface area contributed by atoms with Crippen LogP contribution in [0.2, 0.25) is 0 Å². The molecule has 0 saturated carbocycles. The SMILES string of the molecule is CCCCCC(Cl)(CCCC)[N+](=O)[O-]. The minimum Gasteiger partial charge on any atom is -0.263 e. The number of hydrogen-bond donors (Lipinski definition) is 0. The molecule has 0 fully saturated rings. The predicted octanol–water partition coefficient (Wildman–Crippen LogP) is 3.97. The smallest absolute Gasteiger partial charge is 0.263 e. The first-order chi connectivity index (χ1) is 6.56. The van der Waals surface area contributed by atoms with Crippen molar-refractivity contribution in [1.82, 2.24) is 0 Å². The Morgan fingerprint density at radius 1 is 1.14 bits per heavy atom. The van der Waals surface area contributed by atoms with E-state index in [0.717, 1.165) is 32.1 Å². The first-order valence-corrected chi connectivity index (χ1v) is 5.78. The van der Waals surface area contributed by atoms with Crippen LogP contribution in [0.1, 0.15) is 58.8 Å². The van der Waals surface area contributed by atoms with Crippen molar-refractivity contribution in [2.75, 3.05) is 0 Å². The minimum absolute atomic E-state index is 0.320. The second kappa shape index (κ2) is 7.04. The molecule has 0 N–H and O–H groups in total. The lowest BCUT2D eigenvalue weighted by atomic mass is 10.0. The molecule has 0 aromatic rings. The fraction of sp³-hybridized carbons (Fsp3) is 1.00. The molecule has 0 aromatic carbocycles. The van der Waals surface area contributed by atoms with Gasteiger partial charge in [-0.1, -0.05) is 33.1 Å². The molecule has 1 atom stereocenters. The Morgan fingerprint density at radius 2 is 1.64 bits per heavy atom. The van der Waals surface area contributed by atoms with Crippen molar-refractivity contribution < 1.29 is 4.92 Å². The summed E-state index contributed by atoms with van der Waals surface area (Å²) in [6.45, 7) is 4.09. The first-order valence-electron chi connectivity index (χ1n) is 5.40. The van der Waals surface area contributed by atoms with Crippen molar-refractivity contribution in [3.63, 3.8) is 0 Å². The highest BCUT2D eigenvalue weighted by Crippen LogP contribution is 2.29. The van der Waals surface area contributed by atoms with Crippen molar-refractivity contribution in [1.29, 1.82) is 0 Å². The van der Waals surface area contributed by atoms with E-state index < -0.39 is 5.00 Å². The zero-order valence-corrected chi connectivity index (χ0v) is 9.85. The van der Waals surface area contributed by atoms with Crippen molar-refractivity contribution in [3.8, 4) is 0 Å². The molecule has 0 heterocycles. The molecule has 1 unspecified atom stereocenters. The van der Waals surface area contributed by atoms with Crippen LogP contribution in [0.5, 0.6) is 0 Å². The second-order valence-electron chi connectivity index (χ2n) is 3.74. The van der Waals surface area contributed by atoms with Gasteiger partial charge in [0.25, 0.3) is 5.00 Å². The minimum atomic E-state index is -1.20. The van der Waals surface area contributed by atoms with Crippen molar-refractivity contribution >= 4 is 11.6 Å². The predicted molar refractivity (Wildman–Crippen MR) is 59.2 cm³/mol. The van der Waals surface area contributed by atoms with E-state index in [2.05, 4.69) is 6.92 Å². The molecule has 0 bridgehead atoms. The van der Waals surface area contributed by atoms with E-state index in [0.29, 0.717) is 12.8 Å². The number of nitro groups is 1.